The van der Waals surface area contributed by atoms with E-state index in [0.29, 0.717) is 0 Å². The van der Waals surface area contributed by atoms with Crippen LogP contribution in [0, 0.1) is 0 Å². The van der Waals surface area contributed by atoms with Gasteiger partial charge in [-0.3, -0.25) is 4.98 Å². The molecule has 0 aliphatic rings. The van der Waals surface area contributed by atoms with Crippen molar-refractivity contribution in [1.82, 2.24) is 4.98 Å². The molecule has 0 saturated carbocycles. The summed E-state index contributed by atoms with van der Waals surface area (Å²) in [6.07, 6.45) is 2.83. The molecule has 1 heterocycles. The smallest absolute Gasteiger partial charge is 0.0658 e. The van der Waals surface area contributed by atoms with Crippen LogP contribution in [0.1, 0.15) is 45.4 Å². The average molecular weight is 189 g/mol. The van der Waals surface area contributed by atoms with Gasteiger partial charge in [0, 0.05) is 6.20 Å². The number of nitrogens with zero attached hydrogens (tertiary/aromatic N) is 1. The van der Waals surface area contributed by atoms with E-state index in [9.17, 15) is 0 Å². The summed E-state index contributed by atoms with van der Waals surface area (Å²) in [5.41, 5.74) is 3.64. The van der Waals surface area contributed by atoms with Gasteiger partial charge in [0.15, 0.2) is 0 Å². The van der Waals surface area contributed by atoms with Gasteiger partial charge in [0.2, 0.25) is 0 Å². The molecule has 0 N–H and O–H groups in total. The van der Waals surface area contributed by atoms with Crippen molar-refractivity contribution in [2.75, 3.05) is 0 Å². The first-order chi connectivity index (χ1) is 6.45. The van der Waals surface area contributed by atoms with Crippen molar-refractivity contribution < 1.29 is 0 Å². The second-order valence-electron chi connectivity index (χ2n) is 4.64. The summed E-state index contributed by atoms with van der Waals surface area (Å²) in [6.45, 7) is 12.7. The molecule has 0 amide bonds. The summed E-state index contributed by atoms with van der Waals surface area (Å²) in [5, 5.41) is 0. The third-order valence-electron chi connectivity index (χ3n) is 2.41. The van der Waals surface area contributed by atoms with Crippen LogP contribution in [-0.4, -0.2) is 4.98 Å². The van der Waals surface area contributed by atoms with Gasteiger partial charge in [-0.15, -0.1) is 0 Å². The summed E-state index contributed by atoms with van der Waals surface area (Å²) in [4.78, 5) is 4.32. The van der Waals surface area contributed by atoms with E-state index < -0.39 is 0 Å². The van der Waals surface area contributed by atoms with Crippen LogP contribution in [-0.2, 0) is 5.41 Å². The van der Waals surface area contributed by atoms with E-state index in [-0.39, 0.29) is 5.41 Å². The predicted molar refractivity (Wildman–Crippen MR) is 62.3 cm³/mol. The van der Waals surface area contributed by atoms with Crippen molar-refractivity contribution in [3.63, 3.8) is 0 Å². The molecule has 0 unspecified atom stereocenters. The van der Waals surface area contributed by atoms with Gasteiger partial charge in [-0.25, -0.2) is 0 Å². The minimum Gasteiger partial charge on any atom is -0.257 e. The Labute approximate surface area is 86.9 Å². The lowest BCUT2D eigenvalue weighted by molar-refractivity contribution is 0.589. The van der Waals surface area contributed by atoms with Crippen molar-refractivity contribution in [1.29, 1.82) is 0 Å². The normalized spacial score (nSPS) is 11.4. The molecular weight excluding hydrogens is 170 g/mol. The monoisotopic (exact) mass is 189 g/mol. The number of hydrogen-bond acceptors (Lipinski definition) is 1. The highest BCUT2D eigenvalue weighted by Crippen LogP contribution is 2.24. The van der Waals surface area contributed by atoms with E-state index in [2.05, 4.69) is 51.4 Å². The molecule has 1 heteroatoms. The third kappa shape index (κ3) is 2.44. The lowest BCUT2D eigenvalue weighted by Crippen LogP contribution is -2.11. The van der Waals surface area contributed by atoms with E-state index in [4.69, 9.17) is 0 Å². The quantitative estimate of drug-likeness (QED) is 0.689. The van der Waals surface area contributed by atoms with Crippen molar-refractivity contribution >= 4 is 5.57 Å². The molecule has 14 heavy (non-hydrogen) atoms. The molecule has 0 radical (unpaired) electrons. The Bertz CT molecular complexity index is 331. The molecule has 0 spiro atoms. The first kappa shape index (κ1) is 11.0. The number of allylic oxidation sites excluding steroid dienone is 1. The van der Waals surface area contributed by atoms with Crippen LogP contribution in [0.2, 0.25) is 0 Å². The van der Waals surface area contributed by atoms with Gasteiger partial charge in [0.25, 0.3) is 0 Å². The van der Waals surface area contributed by atoms with Gasteiger partial charge in [-0.05, 0) is 35.1 Å². The molecule has 0 bridgehead atoms. The largest absolute Gasteiger partial charge is 0.257 e. The molecule has 0 atom stereocenters. The molecular formula is C13H19N. The van der Waals surface area contributed by atoms with Crippen LogP contribution in [0.3, 0.4) is 0 Å². The fourth-order valence-corrected chi connectivity index (χ4v) is 1.27. The van der Waals surface area contributed by atoms with Crippen molar-refractivity contribution in [3.8, 4) is 0 Å². The zero-order valence-electron chi connectivity index (χ0n) is 9.59. The zero-order chi connectivity index (χ0) is 10.8. The van der Waals surface area contributed by atoms with E-state index in [1.165, 1.54) is 5.56 Å². The van der Waals surface area contributed by atoms with Crippen molar-refractivity contribution in [2.45, 2.75) is 39.5 Å². The van der Waals surface area contributed by atoms with E-state index in [1.54, 1.807) is 0 Å². The number of pyridine rings is 1. The maximum Gasteiger partial charge on any atom is 0.0658 e. The average Bonchev–Trinajstić information content (AvgIpc) is 2.15. The molecule has 1 nitrogen and oxygen atoms in total. The molecule has 0 aromatic carbocycles. The first-order valence-electron chi connectivity index (χ1n) is 5.10. The summed E-state index contributed by atoms with van der Waals surface area (Å²) in [6, 6.07) is 4.22. The molecule has 1 rings (SSSR count). The highest BCUT2D eigenvalue weighted by Gasteiger charge is 2.14. The molecule has 1 aromatic rings. The first-order valence-corrected chi connectivity index (χ1v) is 5.10. The third-order valence-corrected chi connectivity index (χ3v) is 2.41. The lowest BCUT2D eigenvalue weighted by Gasteiger charge is -2.19. The van der Waals surface area contributed by atoms with Crippen LogP contribution in [0.4, 0.5) is 0 Å². The Morgan fingerprint density at radius 1 is 1.43 bits per heavy atom. The van der Waals surface area contributed by atoms with Gasteiger partial charge in [0.1, 0.15) is 0 Å². The topological polar surface area (TPSA) is 12.9 Å². The van der Waals surface area contributed by atoms with Gasteiger partial charge in [-0.1, -0.05) is 34.3 Å². The Morgan fingerprint density at radius 3 is 2.57 bits per heavy atom. The van der Waals surface area contributed by atoms with Gasteiger partial charge < -0.3 is 0 Å². The fourth-order valence-electron chi connectivity index (χ4n) is 1.27. The summed E-state index contributed by atoms with van der Waals surface area (Å²) >= 11 is 0. The highest BCUT2D eigenvalue weighted by atomic mass is 14.7. The molecule has 0 fully saturated rings. The second kappa shape index (κ2) is 3.95. The Balaban J connectivity index is 3.08. The predicted octanol–water partition coefficient (Wildman–Crippen LogP) is 3.80. The number of hydrogen-bond donors (Lipinski definition) is 0. The van der Waals surface area contributed by atoms with Gasteiger partial charge >= 0.3 is 0 Å². The number of rotatable bonds is 2. The summed E-state index contributed by atoms with van der Waals surface area (Å²) < 4.78 is 0. The minimum atomic E-state index is 0.186. The highest BCUT2D eigenvalue weighted by molar-refractivity contribution is 5.60. The maximum absolute atomic E-state index is 4.32. The molecule has 0 saturated heterocycles. The van der Waals surface area contributed by atoms with Crippen LogP contribution in [0.25, 0.3) is 5.57 Å². The second-order valence-corrected chi connectivity index (χ2v) is 4.64. The zero-order valence-corrected chi connectivity index (χ0v) is 9.59. The minimum absolute atomic E-state index is 0.186. The standard InChI is InChI=1S/C13H19N/c1-6-10(2)12-9-11(7-8-14-12)13(3,4)5/h7-9H,2,6H2,1,3-5H3. The molecule has 0 aliphatic carbocycles. The molecule has 76 valence electrons. The Kier molecular flexibility index (Phi) is 3.10. The number of aromatic nitrogens is 1. The van der Waals surface area contributed by atoms with Crippen LogP contribution in [0.5, 0.6) is 0 Å². The van der Waals surface area contributed by atoms with Crippen molar-refractivity contribution in [3.05, 3.63) is 36.2 Å². The van der Waals surface area contributed by atoms with Gasteiger partial charge in [0.05, 0.1) is 5.69 Å². The summed E-state index contributed by atoms with van der Waals surface area (Å²) in [5.74, 6) is 0. The Morgan fingerprint density at radius 2 is 2.07 bits per heavy atom. The summed E-state index contributed by atoms with van der Waals surface area (Å²) in [7, 11) is 0. The maximum atomic E-state index is 4.32. The van der Waals surface area contributed by atoms with Crippen LogP contribution >= 0.6 is 0 Å². The van der Waals surface area contributed by atoms with E-state index in [0.717, 1.165) is 17.7 Å². The van der Waals surface area contributed by atoms with Crippen LogP contribution in [0.15, 0.2) is 24.9 Å². The van der Waals surface area contributed by atoms with Crippen molar-refractivity contribution in [2.24, 2.45) is 0 Å². The molecule has 0 aliphatic heterocycles. The Hall–Kier alpha value is -1.11. The van der Waals surface area contributed by atoms with E-state index >= 15 is 0 Å². The van der Waals surface area contributed by atoms with Crippen LogP contribution < -0.4 is 0 Å². The lowest BCUT2D eigenvalue weighted by atomic mass is 9.87. The van der Waals surface area contributed by atoms with Gasteiger partial charge in [-0.2, -0.15) is 0 Å². The molecule has 1 aromatic heterocycles. The van der Waals surface area contributed by atoms with E-state index in [1.807, 2.05) is 6.20 Å². The SMILES string of the molecule is C=C(CC)c1cc(C(C)(C)C)ccn1. The fraction of sp³-hybridized carbons (Fsp3) is 0.462.